The fourth-order valence-corrected chi connectivity index (χ4v) is 3.94. The highest BCUT2D eigenvalue weighted by atomic mass is 32.2. The molecule has 4 aromatic rings. The number of aliphatic hydroxyl groups is 1. The lowest BCUT2D eigenvalue weighted by atomic mass is 10.1. The summed E-state index contributed by atoms with van der Waals surface area (Å²) in [6, 6.07) is 16.2. The number of hydrogen-bond acceptors (Lipinski definition) is 8. The molecule has 32 heavy (non-hydrogen) atoms. The molecule has 0 amide bonds. The van der Waals surface area contributed by atoms with E-state index in [1.54, 1.807) is 12.4 Å². The largest absolute Gasteiger partial charge is 0.415 e. The minimum Gasteiger partial charge on any atom is -0.415 e. The molecule has 0 fully saturated rings. The second-order valence-corrected chi connectivity index (χ2v) is 9.14. The van der Waals surface area contributed by atoms with Gasteiger partial charge in [0.15, 0.2) is 0 Å². The molecule has 0 saturated carbocycles. The van der Waals surface area contributed by atoms with Crippen molar-refractivity contribution < 1.29 is 9.52 Å². The lowest BCUT2D eigenvalue weighted by Crippen LogP contribution is -2.17. The van der Waals surface area contributed by atoms with Crippen molar-refractivity contribution >= 4 is 11.8 Å². The van der Waals surface area contributed by atoms with Gasteiger partial charge in [0, 0.05) is 34.4 Å². The molecule has 0 aliphatic carbocycles. The summed E-state index contributed by atoms with van der Waals surface area (Å²) in [7, 11) is 0. The maximum atomic E-state index is 8.85. The Labute approximate surface area is 191 Å². The second-order valence-electron chi connectivity index (χ2n) is 7.49. The molecular weight excluding hydrogens is 422 g/mol. The molecule has 0 saturated heterocycles. The van der Waals surface area contributed by atoms with Crippen LogP contribution in [-0.4, -0.2) is 43.7 Å². The van der Waals surface area contributed by atoms with Crippen molar-refractivity contribution in [3.05, 3.63) is 66.5 Å². The Morgan fingerprint density at radius 3 is 2.31 bits per heavy atom. The van der Waals surface area contributed by atoms with E-state index in [1.807, 2.05) is 36.0 Å². The molecule has 7 nitrogen and oxygen atoms in total. The number of hydrogen-bond donors (Lipinski definition) is 2. The first kappa shape index (κ1) is 22.1. The maximum Gasteiger partial charge on any atom is 0.268 e. The average Bonchev–Trinajstić information content (AvgIpc) is 3.30. The molecule has 164 valence electrons. The Kier molecular flexibility index (Phi) is 7.26. The van der Waals surface area contributed by atoms with E-state index in [2.05, 4.69) is 63.6 Å². The number of nitrogens with one attached hydrogen (secondary N) is 1. The SMILES string of the molecule is CC(C)Sc1ccc(-c2cncc(-c3nnc(-c4ccc(CNCCO)cc4)o3)n2)cc1. The summed E-state index contributed by atoms with van der Waals surface area (Å²) in [6.45, 7) is 5.73. The summed E-state index contributed by atoms with van der Waals surface area (Å²) in [6.07, 6.45) is 3.36. The average molecular weight is 448 g/mol. The van der Waals surface area contributed by atoms with E-state index in [1.165, 1.54) is 4.90 Å². The van der Waals surface area contributed by atoms with Gasteiger partial charge in [-0.2, -0.15) is 0 Å². The Morgan fingerprint density at radius 1 is 0.906 bits per heavy atom. The van der Waals surface area contributed by atoms with Crippen molar-refractivity contribution in [3.63, 3.8) is 0 Å². The van der Waals surface area contributed by atoms with Gasteiger partial charge in [0.25, 0.3) is 5.89 Å². The summed E-state index contributed by atoms with van der Waals surface area (Å²) in [5.41, 5.74) is 4.21. The van der Waals surface area contributed by atoms with E-state index in [0.29, 0.717) is 35.8 Å². The third kappa shape index (κ3) is 5.59. The normalized spacial score (nSPS) is 11.2. The van der Waals surface area contributed by atoms with E-state index < -0.39 is 0 Å². The van der Waals surface area contributed by atoms with Gasteiger partial charge in [-0.05, 0) is 29.8 Å². The van der Waals surface area contributed by atoms with Crippen LogP contribution >= 0.6 is 11.8 Å². The van der Waals surface area contributed by atoms with Crippen molar-refractivity contribution in [2.45, 2.75) is 30.5 Å². The Bertz CT molecular complexity index is 1140. The van der Waals surface area contributed by atoms with Crippen LogP contribution in [0.1, 0.15) is 19.4 Å². The quantitative estimate of drug-likeness (QED) is 0.287. The molecule has 0 bridgehead atoms. The van der Waals surface area contributed by atoms with Crippen LogP contribution < -0.4 is 5.32 Å². The fourth-order valence-electron chi connectivity index (χ4n) is 3.10. The molecule has 2 aromatic carbocycles. The molecular formula is C24H25N5O2S. The van der Waals surface area contributed by atoms with Crippen LogP contribution in [0.5, 0.6) is 0 Å². The van der Waals surface area contributed by atoms with Crippen molar-refractivity contribution in [1.29, 1.82) is 0 Å². The number of thioether (sulfide) groups is 1. The number of aliphatic hydroxyl groups excluding tert-OH is 1. The van der Waals surface area contributed by atoms with Crippen molar-refractivity contribution in [2.75, 3.05) is 13.2 Å². The number of rotatable bonds is 9. The standard InChI is InChI=1S/C24H25N5O2S/c1-16(2)32-20-9-7-18(8-10-20)21-14-26-15-22(27-21)24-29-28-23(31-24)19-5-3-17(4-6-19)13-25-11-12-30/h3-10,14-16,25,30H,11-13H2,1-2H3. The first-order chi connectivity index (χ1) is 15.6. The molecule has 0 aliphatic heterocycles. The van der Waals surface area contributed by atoms with Crippen LogP contribution in [0.3, 0.4) is 0 Å². The van der Waals surface area contributed by atoms with Crippen LogP contribution in [-0.2, 0) is 6.54 Å². The molecule has 2 aromatic heterocycles. The third-order valence-electron chi connectivity index (χ3n) is 4.62. The van der Waals surface area contributed by atoms with Crippen molar-refractivity contribution in [1.82, 2.24) is 25.5 Å². The van der Waals surface area contributed by atoms with Gasteiger partial charge in [0.2, 0.25) is 5.89 Å². The second kappa shape index (κ2) is 10.5. The Balaban J connectivity index is 1.50. The zero-order valence-corrected chi connectivity index (χ0v) is 18.8. The van der Waals surface area contributed by atoms with E-state index in [4.69, 9.17) is 9.52 Å². The summed E-state index contributed by atoms with van der Waals surface area (Å²) < 4.78 is 5.87. The highest BCUT2D eigenvalue weighted by Gasteiger charge is 2.13. The number of nitrogens with zero attached hydrogens (tertiary/aromatic N) is 4. The smallest absolute Gasteiger partial charge is 0.268 e. The molecule has 0 unspecified atom stereocenters. The minimum atomic E-state index is 0.120. The molecule has 4 rings (SSSR count). The zero-order chi connectivity index (χ0) is 22.3. The van der Waals surface area contributed by atoms with Gasteiger partial charge in [-0.15, -0.1) is 22.0 Å². The van der Waals surface area contributed by atoms with Gasteiger partial charge in [-0.25, -0.2) is 4.98 Å². The molecule has 0 aliphatic rings. The van der Waals surface area contributed by atoms with Crippen LogP contribution in [0, 0.1) is 0 Å². The van der Waals surface area contributed by atoms with E-state index >= 15 is 0 Å². The molecule has 0 radical (unpaired) electrons. The highest BCUT2D eigenvalue weighted by Crippen LogP contribution is 2.27. The number of benzene rings is 2. The van der Waals surface area contributed by atoms with Gasteiger partial charge < -0.3 is 14.8 Å². The van der Waals surface area contributed by atoms with E-state index in [-0.39, 0.29) is 6.61 Å². The minimum absolute atomic E-state index is 0.120. The maximum absolute atomic E-state index is 8.85. The summed E-state index contributed by atoms with van der Waals surface area (Å²) >= 11 is 1.83. The predicted molar refractivity (Wildman–Crippen MR) is 126 cm³/mol. The Morgan fingerprint density at radius 2 is 1.59 bits per heavy atom. The third-order valence-corrected chi connectivity index (χ3v) is 5.63. The van der Waals surface area contributed by atoms with Gasteiger partial charge in [0.1, 0.15) is 5.69 Å². The monoisotopic (exact) mass is 447 g/mol. The van der Waals surface area contributed by atoms with Crippen LogP contribution in [0.25, 0.3) is 34.3 Å². The topological polar surface area (TPSA) is 97.0 Å². The van der Waals surface area contributed by atoms with Gasteiger partial charge in [-0.3, -0.25) is 4.98 Å². The molecule has 0 spiro atoms. The van der Waals surface area contributed by atoms with Gasteiger partial charge in [0.05, 0.1) is 24.7 Å². The molecule has 0 atom stereocenters. The first-order valence-corrected chi connectivity index (χ1v) is 11.3. The Hall–Kier alpha value is -3.07. The summed E-state index contributed by atoms with van der Waals surface area (Å²) in [5, 5.41) is 20.9. The van der Waals surface area contributed by atoms with Crippen LogP contribution in [0.4, 0.5) is 0 Å². The van der Waals surface area contributed by atoms with E-state index in [0.717, 1.165) is 22.4 Å². The lowest BCUT2D eigenvalue weighted by Gasteiger charge is -2.06. The number of aromatic nitrogens is 4. The lowest BCUT2D eigenvalue weighted by molar-refractivity contribution is 0.292. The fraction of sp³-hybridized carbons (Fsp3) is 0.250. The van der Waals surface area contributed by atoms with Crippen molar-refractivity contribution in [2.24, 2.45) is 0 Å². The van der Waals surface area contributed by atoms with Gasteiger partial charge in [-0.1, -0.05) is 38.1 Å². The summed E-state index contributed by atoms with van der Waals surface area (Å²) in [5.74, 6) is 0.757. The van der Waals surface area contributed by atoms with Gasteiger partial charge >= 0.3 is 0 Å². The zero-order valence-electron chi connectivity index (χ0n) is 18.0. The van der Waals surface area contributed by atoms with Crippen LogP contribution in [0.2, 0.25) is 0 Å². The van der Waals surface area contributed by atoms with Crippen molar-refractivity contribution in [3.8, 4) is 34.3 Å². The predicted octanol–water partition coefficient (Wildman–Crippen LogP) is 4.44. The molecule has 2 N–H and O–H groups in total. The highest BCUT2D eigenvalue weighted by molar-refractivity contribution is 7.99. The molecule has 2 heterocycles. The molecule has 8 heteroatoms. The summed E-state index contributed by atoms with van der Waals surface area (Å²) in [4.78, 5) is 10.2. The first-order valence-electron chi connectivity index (χ1n) is 10.5. The van der Waals surface area contributed by atoms with E-state index in [9.17, 15) is 0 Å². The van der Waals surface area contributed by atoms with Crippen LogP contribution in [0.15, 0.2) is 70.2 Å².